The Morgan fingerprint density at radius 2 is 1.74 bits per heavy atom. The van der Waals surface area contributed by atoms with Crippen LogP contribution in [0.25, 0.3) is 33.3 Å². The number of hydrogen-bond donors (Lipinski definition) is 3. The van der Waals surface area contributed by atoms with Gasteiger partial charge in [-0.25, -0.2) is 9.97 Å². The number of fused-ring (bicyclic) bond motifs is 1. The fraction of sp³-hybridized carbons (Fsp3) is 0.129. The number of benzene rings is 1. The SMILES string of the molecule is C=CC(=O)Nc1cccc(-c2cnc3[nH]cc(-c4ccc(C(=O)Nc5cc(C)c(C(C)C)cn5)nc4)c3c2)c1. The summed E-state index contributed by atoms with van der Waals surface area (Å²) in [5.41, 5.74) is 7.50. The fourth-order valence-electron chi connectivity index (χ4n) is 4.48. The lowest BCUT2D eigenvalue weighted by Crippen LogP contribution is -2.15. The van der Waals surface area contributed by atoms with E-state index in [2.05, 4.69) is 51.0 Å². The normalized spacial score (nSPS) is 11.0. The quantitative estimate of drug-likeness (QED) is 0.214. The molecule has 0 atom stereocenters. The molecule has 5 rings (SSSR count). The Balaban J connectivity index is 1.38. The first-order valence-electron chi connectivity index (χ1n) is 12.6. The summed E-state index contributed by atoms with van der Waals surface area (Å²) in [6, 6.07) is 15.0. The van der Waals surface area contributed by atoms with Crippen molar-refractivity contribution in [2.45, 2.75) is 26.7 Å². The van der Waals surface area contributed by atoms with Crippen LogP contribution in [0.2, 0.25) is 0 Å². The smallest absolute Gasteiger partial charge is 0.275 e. The van der Waals surface area contributed by atoms with Crippen molar-refractivity contribution in [1.82, 2.24) is 19.9 Å². The van der Waals surface area contributed by atoms with Crippen LogP contribution < -0.4 is 10.6 Å². The van der Waals surface area contributed by atoms with Gasteiger partial charge in [0.1, 0.15) is 17.2 Å². The number of nitrogens with one attached hydrogen (secondary N) is 3. The number of carbonyl (C=O) groups excluding carboxylic acids is 2. The summed E-state index contributed by atoms with van der Waals surface area (Å²) in [4.78, 5) is 41.1. The highest BCUT2D eigenvalue weighted by molar-refractivity contribution is 6.03. The highest BCUT2D eigenvalue weighted by Gasteiger charge is 2.14. The van der Waals surface area contributed by atoms with Gasteiger partial charge in [-0.3, -0.25) is 14.6 Å². The largest absolute Gasteiger partial charge is 0.346 e. The summed E-state index contributed by atoms with van der Waals surface area (Å²) in [6.07, 6.45) is 8.38. The zero-order valence-corrected chi connectivity index (χ0v) is 21.9. The van der Waals surface area contributed by atoms with Gasteiger partial charge in [0.25, 0.3) is 5.91 Å². The lowest BCUT2D eigenvalue weighted by Gasteiger charge is -2.11. The zero-order valence-electron chi connectivity index (χ0n) is 21.9. The lowest BCUT2D eigenvalue weighted by atomic mass is 10.0. The topological polar surface area (TPSA) is 113 Å². The van der Waals surface area contributed by atoms with Gasteiger partial charge < -0.3 is 15.6 Å². The van der Waals surface area contributed by atoms with E-state index in [4.69, 9.17) is 0 Å². The van der Waals surface area contributed by atoms with Gasteiger partial charge in [-0.05, 0) is 65.9 Å². The van der Waals surface area contributed by atoms with Gasteiger partial charge in [0.05, 0.1) is 0 Å². The van der Waals surface area contributed by atoms with Crippen LogP contribution in [0.1, 0.15) is 41.4 Å². The number of carbonyl (C=O) groups is 2. The van der Waals surface area contributed by atoms with Crippen molar-refractivity contribution in [1.29, 1.82) is 0 Å². The third-order valence-electron chi connectivity index (χ3n) is 6.50. The third-order valence-corrected chi connectivity index (χ3v) is 6.50. The monoisotopic (exact) mass is 516 g/mol. The number of rotatable bonds is 7. The predicted octanol–water partition coefficient (Wildman–Crippen LogP) is 6.50. The zero-order chi connectivity index (χ0) is 27.5. The first-order valence-corrected chi connectivity index (χ1v) is 12.6. The van der Waals surface area contributed by atoms with Crippen molar-refractivity contribution in [3.63, 3.8) is 0 Å². The molecule has 8 heteroatoms. The molecule has 0 aliphatic rings. The van der Waals surface area contributed by atoms with E-state index in [0.29, 0.717) is 23.1 Å². The van der Waals surface area contributed by atoms with Crippen molar-refractivity contribution >= 4 is 34.4 Å². The van der Waals surface area contributed by atoms with Gasteiger partial charge in [0, 0.05) is 52.6 Å². The molecule has 0 fully saturated rings. The second kappa shape index (κ2) is 10.7. The Hall–Kier alpha value is -5.11. The molecular weight excluding hydrogens is 488 g/mol. The summed E-state index contributed by atoms with van der Waals surface area (Å²) in [7, 11) is 0. The van der Waals surface area contributed by atoms with E-state index in [1.165, 1.54) is 6.08 Å². The van der Waals surface area contributed by atoms with Crippen LogP contribution in [0, 0.1) is 6.92 Å². The van der Waals surface area contributed by atoms with Crippen LogP contribution in [-0.2, 0) is 4.79 Å². The number of hydrogen-bond acceptors (Lipinski definition) is 5. The van der Waals surface area contributed by atoms with Crippen LogP contribution in [0.3, 0.4) is 0 Å². The van der Waals surface area contributed by atoms with Crippen LogP contribution in [0.4, 0.5) is 11.5 Å². The molecular formula is C31H28N6O2. The maximum atomic E-state index is 12.8. The van der Waals surface area contributed by atoms with Gasteiger partial charge in [-0.1, -0.05) is 38.6 Å². The van der Waals surface area contributed by atoms with E-state index in [1.807, 2.05) is 55.6 Å². The van der Waals surface area contributed by atoms with Crippen LogP contribution in [-0.4, -0.2) is 31.8 Å². The molecule has 0 spiro atoms. The van der Waals surface area contributed by atoms with Crippen molar-refractivity contribution in [2.75, 3.05) is 10.6 Å². The number of aryl methyl sites for hydroxylation is 1. The Morgan fingerprint density at radius 1 is 0.923 bits per heavy atom. The molecule has 8 nitrogen and oxygen atoms in total. The predicted molar refractivity (Wildman–Crippen MR) is 155 cm³/mol. The molecule has 2 amide bonds. The molecule has 4 aromatic heterocycles. The van der Waals surface area contributed by atoms with Gasteiger partial charge in [0.15, 0.2) is 0 Å². The first kappa shape index (κ1) is 25.5. The molecule has 0 saturated heterocycles. The minimum absolute atomic E-state index is 0.270. The van der Waals surface area contributed by atoms with Crippen molar-refractivity contribution in [3.05, 3.63) is 103 Å². The Kier molecular flexibility index (Phi) is 7.01. The minimum atomic E-state index is -0.322. The molecule has 0 bridgehead atoms. The van der Waals surface area contributed by atoms with E-state index < -0.39 is 0 Å². The Morgan fingerprint density at radius 3 is 2.46 bits per heavy atom. The van der Waals surface area contributed by atoms with Crippen LogP contribution in [0.15, 0.2) is 86.0 Å². The molecule has 0 aliphatic carbocycles. The fourth-order valence-corrected chi connectivity index (χ4v) is 4.48. The highest BCUT2D eigenvalue weighted by atomic mass is 16.2. The number of H-pyrrole nitrogens is 1. The highest BCUT2D eigenvalue weighted by Crippen LogP contribution is 2.31. The van der Waals surface area contributed by atoms with E-state index in [9.17, 15) is 9.59 Å². The summed E-state index contributed by atoms with van der Waals surface area (Å²) < 4.78 is 0. The number of pyridine rings is 3. The van der Waals surface area contributed by atoms with E-state index >= 15 is 0 Å². The number of nitrogens with zero attached hydrogens (tertiary/aromatic N) is 3. The van der Waals surface area contributed by atoms with Gasteiger partial charge in [-0.15, -0.1) is 0 Å². The minimum Gasteiger partial charge on any atom is -0.346 e. The standard InChI is InChI=1S/C31H28N6O2/c1-5-29(38)36-23-8-6-7-20(12-23)22-13-24-26(17-35-30(24)34-15-22)21-9-10-27(32-14-21)31(39)37-28-11-19(4)25(16-33-28)18(2)3/h5-18H,1H2,2-4H3,(H,34,35)(H,36,38)(H,33,37,39). The molecule has 0 saturated carbocycles. The molecule has 5 aromatic rings. The second-order valence-electron chi connectivity index (χ2n) is 9.56. The van der Waals surface area contributed by atoms with E-state index in [-0.39, 0.29) is 11.8 Å². The summed E-state index contributed by atoms with van der Waals surface area (Å²) in [5, 5.41) is 6.53. The summed E-state index contributed by atoms with van der Waals surface area (Å²) in [6.45, 7) is 9.73. The average molecular weight is 517 g/mol. The average Bonchev–Trinajstić information content (AvgIpc) is 3.36. The van der Waals surface area contributed by atoms with Crippen molar-refractivity contribution in [2.24, 2.45) is 0 Å². The first-order chi connectivity index (χ1) is 18.8. The van der Waals surface area contributed by atoms with E-state index in [1.54, 1.807) is 24.7 Å². The molecule has 194 valence electrons. The molecule has 4 heterocycles. The second-order valence-corrected chi connectivity index (χ2v) is 9.56. The lowest BCUT2D eigenvalue weighted by molar-refractivity contribution is -0.111. The van der Waals surface area contributed by atoms with Crippen molar-refractivity contribution in [3.8, 4) is 22.3 Å². The van der Waals surface area contributed by atoms with Crippen LogP contribution >= 0.6 is 0 Å². The Labute approximate surface area is 226 Å². The van der Waals surface area contributed by atoms with Gasteiger partial charge in [0.2, 0.25) is 5.91 Å². The Bertz CT molecular complexity index is 1700. The molecule has 0 radical (unpaired) electrons. The van der Waals surface area contributed by atoms with Gasteiger partial charge in [-0.2, -0.15) is 0 Å². The van der Waals surface area contributed by atoms with Gasteiger partial charge >= 0.3 is 0 Å². The number of anilines is 2. The number of aromatic nitrogens is 4. The number of amides is 2. The van der Waals surface area contributed by atoms with Crippen LogP contribution in [0.5, 0.6) is 0 Å². The third kappa shape index (κ3) is 5.45. The maximum Gasteiger partial charge on any atom is 0.275 e. The molecule has 1 aromatic carbocycles. The van der Waals surface area contributed by atoms with Crippen molar-refractivity contribution < 1.29 is 9.59 Å². The molecule has 0 unspecified atom stereocenters. The summed E-state index contributed by atoms with van der Waals surface area (Å²) in [5.74, 6) is 0.268. The summed E-state index contributed by atoms with van der Waals surface area (Å²) >= 11 is 0. The maximum absolute atomic E-state index is 12.8. The number of aromatic amines is 1. The molecule has 3 N–H and O–H groups in total. The molecule has 39 heavy (non-hydrogen) atoms. The molecule has 0 aliphatic heterocycles. The van der Waals surface area contributed by atoms with E-state index in [0.717, 1.165) is 44.4 Å².